The highest BCUT2D eigenvalue weighted by atomic mass is 19.3. The van der Waals surface area contributed by atoms with Crippen molar-refractivity contribution in [3.63, 3.8) is 0 Å². The van der Waals surface area contributed by atoms with Crippen molar-refractivity contribution in [3.8, 4) is 0 Å². The molecule has 0 amide bonds. The quantitative estimate of drug-likeness (QED) is 0.794. The van der Waals surface area contributed by atoms with Gasteiger partial charge in [-0.05, 0) is 19.1 Å². The van der Waals surface area contributed by atoms with Crippen LogP contribution in [0.15, 0.2) is 24.3 Å². The average Bonchev–Trinajstić information content (AvgIpc) is 2.76. The standard InChI is InChI=1S/C14H19F2N3O/c1-10(17-7-8-20-9-13(15)16)14-18-11-5-3-4-6-12(11)19(14)2/h3-6,10,13,17H,7-9H2,1-2H3. The largest absolute Gasteiger partial charge is 0.374 e. The molecule has 1 aromatic heterocycles. The van der Waals surface area contributed by atoms with Gasteiger partial charge in [-0.1, -0.05) is 12.1 Å². The van der Waals surface area contributed by atoms with Gasteiger partial charge in [0.15, 0.2) is 0 Å². The molecule has 0 saturated carbocycles. The first-order valence-electron chi connectivity index (χ1n) is 6.60. The summed E-state index contributed by atoms with van der Waals surface area (Å²) in [5.41, 5.74) is 2.03. The number of hydrogen-bond acceptors (Lipinski definition) is 3. The van der Waals surface area contributed by atoms with Gasteiger partial charge in [0.1, 0.15) is 12.4 Å². The summed E-state index contributed by atoms with van der Waals surface area (Å²) in [7, 11) is 1.97. The molecule has 20 heavy (non-hydrogen) atoms. The minimum atomic E-state index is -2.41. The summed E-state index contributed by atoms with van der Waals surface area (Å²) < 4.78 is 30.7. The lowest BCUT2D eigenvalue weighted by Crippen LogP contribution is -2.26. The van der Waals surface area contributed by atoms with Crippen molar-refractivity contribution < 1.29 is 13.5 Å². The predicted octanol–water partition coefficient (Wildman–Crippen LogP) is 2.51. The van der Waals surface area contributed by atoms with Gasteiger partial charge < -0.3 is 14.6 Å². The van der Waals surface area contributed by atoms with Gasteiger partial charge in [-0.3, -0.25) is 0 Å². The van der Waals surface area contributed by atoms with E-state index in [-0.39, 0.29) is 12.6 Å². The molecule has 2 rings (SSSR count). The van der Waals surface area contributed by atoms with Gasteiger partial charge >= 0.3 is 0 Å². The van der Waals surface area contributed by atoms with Crippen molar-refractivity contribution in [2.45, 2.75) is 19.4 Å². The third-order valence-corrected chi connectivity index (χ3v) is 3.15. The number of rotatable bonds is 7. The predicted molar refractivity (Wildman–Crippen MR) is 74.0 cm³/mol. The van der Waals surface area contributed by atoms with E-state index in [1.54, 1.807) is 0 Å². The Morgan fingerprint density at radius 2 is 2.10 bits per heavy atom. The highest BCUT2D eigenvalue weighted by molar-refractivity contribution is 5.75. The molecule has 1 N–H and O–H groups in total. The topological polar surface area (TPSA) is 39.1 Å². The van der Waals surface area contributed by atoms with Gasteiger partial charge in [0.05, 0.1) is 23.7 Å². The Hall–Kier alpha value is -1.53. The first kappa shape index (κ1) is 14.9. The molecule has 1 unspecified atom stereocenters. The van der Waals surface area contributed by atoms with E-state index in [1.807, 2.05) is 42.8 Å². The van der Waals surface area contributed by atoms with Crippen LogP contribution >= 0.6 is 0 Å². The fourth-order valence-corrected chi connectivity index (χ4v) is 2.16. The van der Waals surface area contributed by atoms with E-state index in [2.05, 4.69) is 10.3 Å². The number of benzene rings is 1. The number of ether oxygens (including phenoxy) is 1. The van der Waals surface area contributed by atoms with Crippen LogP contribution < -0.4 is 5.32 Å². The molecule has 110 valence electrons. The highest BCUT2D eigenvalue weighted by Crippen LogP contribution is 2.18. The summed E-state index contributed by atoms with van der Waals surface area (Å²) in [6.45, 7) is 2.26. The fraction of sp³-hybridized carbons (Fsp3) is 0.500. The molecule has 0 bridgehead atoms. The molecule has 1 atom stereocenters. The van der Waals surface area contributed by atoms with Crippen LogP contribution in [0.1, 0.15) is 18.8 Å². The minimum absolute atomic E-state index is 0.0301. The first-order valence-corrected chi connectivity index (χ1v) is 6.60. The normalized spacial score (nSPS) is 13.2. The van der Waals surface area contributed by atoms with Crippen LogP contribution in [-0.2, 0) is 11.8 Å². The van der Waals surface area contributed by atoms with Crippen molar-refractivity contribution in [2.24, 2.45) is 7.05 Å². The number of aryl methyl sites for hydroxylation is 1. The summed E-state index contributed by atoms with van der Waals surface area (Å²) in [6.07, 6.45) is -2.41. The number of halogens is 2. The van der Waals surface area contributed by atoms with Gasteiger partial charge in [0.25, 0.3) is 6.43 Å². The maximum atomic E-state index is 11.9. The van der Waals surface area contributed by atoms with Crippen LogP contribution in [0.2, 0.25) is 0 Å². The second-order valence-corrected chi connectivity index (χ2v) is 4.66. The van der Waals surface area contributed by atoms with Crippen LogP contribution in [0.5, 0.6) is 0 Å². The Bertz CT molecular complexity index is 556. The zero-order valence-electron chi connectivity index (χ0n) is 11.6. The number of alkyl halides is 2. The van der Waals surface area contributed by atoms with Crippen LogP contribution in [-0.4, -0.2) is 35.7 Å². The maximum Gasteiger partial charge on any atom is 0.261 e. The fourth-order valence-electron chi connectivity index (χ4n) is 2.16. The van der Waals surface area contributed by atoms with Crippen LogP contribution in [0, 0.1) is 0 Å². The van der Waals surface area contributed by atoms with Crippen LogP contribution in [0.3, 0.4) is 0 Å². The van der Waals surface area contributed by atoms with E-state index >= 15 is 0 Å². The van der Waals surface area contributed by atoms with E-state index in [0.717, 1.165) is 16.9 Å². The molecule has 0 spiro atoms. The van der Waals surface area contributed by atoms with Crippen LogP contribution in [0.25, 0.3) is 11.0 Å². The Balaban J connectivity index is 1.91. The zero-order chi connectivity index (χ0) is 14.5. The number of nitrogens with zero attached hydrogens (tertiary/aromatic N) is 2. The second kappa shape index (κ2) is 6.76. The van der Waals surface area contributed by atoms with Crippen molar-refractivity contribution in [1.29, 1.82) is 0 Å². The summed E-state index contributed by atoms with van der Waals surface area (Å²) in [6, 6.07) is 7.95. The van der Waals surface area contributed by atoms with Gasteiger partial charge in [-0.2, -0.15) is 0 Å². The maximum absolute atomic E-state index is 11.9. The van der Waals surface area contributed by atoms with Crippen molar-refractivity contribution in [1.82, 2.24) is 14.9 Å². The smallest absolute Gasteiger partial charge is 0.261 e. The number of imidazole rings is 1. The second-order valence-electron chi connectivity index (χ2n) is 4.66. The number of fused-ring (bicyclic) bond motifs is 1. The molecular weight excluding hydrogens is 264 g/mol. The Kier molecular flexibility index (Phi) is 5.03. The summed E-state index contributed by atoms with van der Waals surface area (Å²) >= 11 is 0. The number of para-hydroxylation sites is 2. The molecule has 0 radical (unpaired) electrons. The van der Waals surface area contributed by atoms with Gasteiger partial charge in [0, 0.05) is 13.6 Å². The average molecular weight is 283 g/mol. The molecular formula is C14H19F2N3O. The number of aromatic nitrogens is 2. The first-order chi connectivity index (χ1) is 9.59. The van der Waals surface area contributed by atoms with Gasteiger partial charge in [0.2, 0.25) is 0 Å². The number of nitrogens with one attached hydrogen (secondary N) is 1. The molecule has 0 aliphatic carbocycles. The van der Waals surface area contributed by atoms with Gasteiger partial charge in [-0.25, -0.2) is 13.8 Å². The number of hydrogen-bond donors (Lipinski definition) is 1. The molecule has 6 heteroatoms. The Labute approximate surface area is 116 Å². The zero-order valence-corrected chi connectivity index (χ0v) is 11.6. The minimum Gasteiger partial charge on any atom is -0.374 e. The van der Waals surface area contributed by atoms with E-state index < -0.39 is 13.0 Å². The lowest BCUT2D eigenvalue weighted by atomic mass is 10.3. The van der Waals surface area contributed by atoms with Gasteiger partial charge in [-0.15, -0.1) is 0 Å². The molecule has 0 saturated heterocycles. The lowest BCUT2D eigenvalue weighted by Gasteiger charge is -2.13. The van der Waals surface area contributed by atoms with E-state index in [0.29, 0.717) is 6.54 Å². The Morgan fingerprint density at radius 3 is 2.80 bits per heavy atom. The van der Waals surface area contributed by atoms with E-state index in [9.17, 15) is 8.78 Å². The molecule has 1 heterocycles. The SMILES string of the molecule is CC(NCCOCC(F)F)c1nc2ccccc2n1C. The summed E-state index contributed by atoms with van der Waals surface area (Å²) in [5.74, 6) is 0.917. The van der Waals surface area contributed by atoms with Crippen molar-refractivity contribution >= 4 is 11.0 Å². The molecule has 0 fully saturated rings. The molecule has 1 aromatic carbocycles. The monoisotopic (exact) mass is 283 g/mol. The van der Waals surface area contributed by atoms with Crippen LogP contribution in [0.4, 0.5) is 8.78 Å². The molecule has 4 nitrogen and oxygen atoms in total. The third kappa shape index (κ3) is 3.52. The summed E-state index contributed by atoms with van der Waals surface area (Å²) in [5, 5.41) is 3.22. The Morgan fingerprint density at radius 1 is 1.35 bits per heavy atom. The van der Waals surface area contributed by atoms with Crippen molar-refractivity contribution in [2.75, 3.05) is 19.8 Å². The van der Waals surface area contributed by atoms with Crippen molar-refractivity contribution in [3.05, 3.63) is 30.1 Å². The molecule has 0 aliphatic rings. The lowest BCUT2D eigenvalue weighted by molar-refractivity contribution is 0.0182. The summed E-state index contributed by atoms with van der Waals surface area (Å²) in [4.78, 5) is 4.58. The third-order valence-electron chi connectivity index (χ3n) is 3.15. The highest BCUT2D eigenvalue weighted by Gasteiger charge is 2.13. The molecule has 0 aliphatic heterocycles. The van der Waals surface area contributed by atoms with E-state index in [1.165, 1.54) is 0 Å². The molecule has 2 aromatic rings. The van der Waals surface area contributed by atoms with E-state index in [4.69, 9.17) is 4.74 Å².